The number of carboxylic acid groups (broad SMARTS) is 1. The van der Waals surface area contributed by atoms with Crippen molar-refractivity contribution in [3.05, 3.63) is 29.3 Å². The van der Waals surface area contributed by atoms with Gasteiger partial charge in [-0.2, -0.15) is 0 Å². The molecule has 0 unspecified atom stereocenters. The van der Waals surface area contributed by atoms with Gasteiger partial charge in [0.2, 0.25) is 0 Å². The molecule has 0 spiro atoms. The third kappa shape index (κ3) is 3.18. The Kier molecular flexibility index (Phi) is 4.22. The molecule has 0 amide bonds. The molecule has 1 rings (SSSR count). The van der Waals surface area contributed by atoms with Crippen molar-refractivity contribution >= 4 is 5.97 Å². The van der Waals surface area contributed by atoms with E-state index in [0.717, 1.165) is 0 Å². The molecule has 0 aliphatic heterocycles. The van der Waals surface area contributed by atoms with E-state index in [2.05, 4.69) is 0 Å². The monoisotopic (exact) mass is 230 g/mol. The van der Waals surface area contributed by atoms with E-state index in [1.165, 1.54) is 25.3 Å². The molecule has 0 heterocycles. The molecule has 1 N–H and O–H groups in total. The first-order valence-electron chi connectivity index (χ1n) is 4.71. The molecule has 5 heteroatoms. The van der Waals surface area contributed by atoms with Gasteiger partial charge in [-0.05, 0) is 30.2 Å². The number of benzene rings is 1. The first-order chi connectivity index (χ1) is 7.54. The summed E-state index contributed by atoms with van der Waals surface area (Å²) >= 11 is 0. The van der Waals surface area contributed by atoms with Crippen LogP contribution in [0.5, 0.6) is 5.75 Å². The van der Waals surface area contributed by atoms with Gasteiger partial charge in [0.15, 0.2) is 0 Å². The van der Waals surface area contributed by atoms with E-state index < -0.39 is 12.4 Å². The summed E-state index contributed by atoms with van der Waals surface area (Å²) in [6.07, 6.45) is -2.70. The summed E-state index contributed by atoms with van der Waals surface area (Å²) < 4.78 is 30.1. The first kappa shape index (κ1) is 12.4. The molecule has 0 aliphatic rings. The molecular formula is C11H12F2O3. The first-order valence-corrected chi connectivity index (χ1v) is 4.71. The van der Waals surface area contributed by atoms with Crippen molar-refractivity contribution in [3.63, 3.8) is 0 Å². The van der Waals surface area contributed by atoms with Gasteiger partial charge in [-0.3, -0.25) is 4.79 Å². The number of ether oxygens (including phenoxy) is 1. The number of carboxylic acids is 1. The number of methoxy groups -OCH3 is 1. The molecule has 0 saturated heterocycles. The highest BCUT2D eigenvalue weighted by Crippen LogP contribution is 2.27. The van der Waals surface area contributed by atoms with Gasteiger partial charge in [0.05, 0.1) is 7.11 Å². The van der Waals surface area contributed by atoms with Crippen molar-refractivity contribution in [1.29, 1.82) is 0 Å². The summed E-state index contributed by atoms with van der Waals surface area (Å²) in [6.45, 7) is 0. The standard InChI is InChI=1S/C11H12F2O3/c1-16-8-3-4-9(11(12)13)7(6-8)2-5-10(14)15/h3-4,6,11H,2,5H2,1H3,(H,14,15). The van der Waals surface area contributed by atoms with Gasteiger partial charge in [0.25, 0.3) is 6.43 Å². The van der Waals surface area contributed by atoms with Crippen molar-refractivity contribution < 1.29 is 23.4 Å². The lowest BCUT2D eigenvalue weighted by molar-refractivity contribution is -0.136. The highest BCUT2D eigenvalue weighted by molar-refractivity contribution is 5.67. The highest BCUT2D eigenvalue weighted by atomic mass is 19.3. The van der Waals surface area contributed by atoms with Crippen LogP contribution in [-0.4, -0.2) is 18.2 Å². The minimum atomic E-state index is -2.60. The Morgan fingerprint density at radius 3 is 2.69 bits per heavy atom. The van der Waals surface area contributed by atoms with Gasteiger partial charge in [0, 0.05) is 12.0 Å². The number of hydrogen-bond donors (Lipinski definition) is 1. The fourth-order valence-corrected chi connectivity index (χ4v) is 1.38. The topological polar surface area (TPSA) is 46.5 Å². The Balaban J connectivity index is 2.95. The Labute approximate surface area is 91.7 Å². The van der Waals surface area contributed by atoms with Crippen molar-refractivity contribution in [1.82, 2.24) is 0 Å². The second-order valence-corrected chi connectivity index (χ2v) is 3.26. The number of hydrogen-bond acceptors (Lipinski definition) is 2. The van der Waals surface area contributed by atoms with Crippen LogP contribution < -0.4 is 4.74 Å². The largest absolute Gasteiger partial charge is 0.497 e. The van der Waals surface area contributed by atoms with Gasteiger partial charge >= 0.3 is 5.97 Å². The fourth-order valence-electron chi connectivity index (χ4n) is 1.38. The van der Waals surface area contributed by atoms with E-state index in [1.54, 1.807) is 0 Å². The van der Waals surface area contributed by atoms with Crippen molar-refractivity contribution in [2.75, 3.05) is 7.11 Å². The SMILES string of the molecule is COc1ccc(C(F)F)c(CCC(=O)O)c1. The van der Waals surface area contributed by atoms with Gasteiger partial charge in [-0.25, -0.2) is 8.78 Å². The molecule has 0 bridgehead atoms. The van der Waals surface area contributed by atoms with Crippen LogP contribution in [0.15, 0.2) is 18.2 Å². The molecule has 88 valence electrons. The number of rotatable bonds is 5. The van der Waals surface area contributed by atoms with Crippen LogP contribution in [0.2, 0.25) is 0 Å². The molecule has 3 nitrogen and oxygen atoms in total. The van der Waals surface area contributed by atoms with Crippen LogP contribution in [0.3, 0.4) is 0 Å². The van der Waals surface area contributed by atoms with Crippen molar-refractivity contribution in [3.8, 4) is 5.75 Å². The van der Waals surface area contributed by atoms with Crippen LogP contribution in [0, 0.1) is 0 Å². The minimum absolute atomic E-state index is 0.0756. The second kappa shape index (κ2) is 5.44. The molecule has 0 fully saturated rings. The van der Waals surface area contributed by atoms with E-state index in [4.69, 9.17) is 9.84 Å². The van der Waals surface area contributed by atoms with Crippen LogP contribution >= 0.6 is 0 Å². The zero-order chi connectivity index (χ0) is 12.1. The summed E-state index contributed by atoms with van der Waals surface area (Å²) in [5, 5.41) is 8.51. The van der Waals surface area contributed by atoms with E-state index in [9.17, 15) is 13.6 Å². The fraction of sp³-hybridized carbons (Fsp3) is 0.364. The molecule has 0 atom stereocenters. The number of alkyl halides is 2. The lowest BCUT2D eigenvalue weighted by Gasteiger charge is -2.09. The van der Waals surface area contributed by atoms with Crippen LogP contribution in [0.4, 0.5) is 8.78 Å². The lowest BCUT2D eigenvalue weighted by Crippen LogP contribution is -2.01. The molecule has 0 saturated carbocycles. The number of halogens is 2. The molecule has 1 aromatic carbocycles. The van der Waals surface area contributed by atoms with E-state index >= 15 is 0 Å². The number of aryl methyl sites for hydroxylation is 1. The normalized spacial score (nSPS) is 10.5. The highest BCUT2D eigenvalue weighted by Gasteiger charge is 2.14. The average molecular weight is 230 g/mol. The molecule has 0 radical (unpaired) electrons. The number of aliphatic carboxylic acids is 1. The summed E-state index contributed by atoms with van der Waals surface area (Å²) in [7, 11) is 1.43. The summed E-state index contributed by atoms with van der Waals surface area (Å²) in [6, 6.07) is 4.15. The molecular weight excluding hydrogens is 218 g/mol. The third-order valence-electron chi connectivity index (χ3n) is 2.19. The van der Waals surface area contributed by atoms with E-state index in [0.29, 0.717) is 11.3 Å². The average Bonchev–Trinajstić information content (AvgIpc) is 2.25. The Morgan fingerprint density at radius 2 is 2.19 bits per heavy atom. The summed E-state index contributed by atoms with van der Waals surface area (Å²) in [4.78, 5) is 10.4. The predicted octanol–water partition coefficient (Wildman–Crippen LogP) is 2.65. The molecule has 16 heavy (non-hydrogen) atoms. The number of carbonyl (C=O) groups is 1. The van der Waals surface area contributed by atoms with Crippen molar-refractivity contribution in [2.24, 2.45) is 0 Å². The van der Waals surface area contributed by atoms with Gasteiger partial charge < -0.3 is 9.84 Å². The maximum Gasteiger partial charge on any atom is 0.303 e. The maximum absolute atomic E-state index is 12.6. The van der Waals surface area contributed by atoms with Crippen LogP contribution in [-0.2, 0) is 11.2 Å². The molecule has 1 aromatic rings. The maximum atomic E-state index is 12.6. The predicted molar refractivity (Wildman–Crippen MR) is 53.9 cm³/mol. The lowest BCUT2D eigenvalue weighted by atomic mass is 10.0. The van der Waals surface area contributed by atoms with E-state index in [-0.39, 0.29) is 18.4 Å². The third-order valence-corrected chi connectivity index (χ3v) is 2.19. The zero-order valence-electron chi connectivity index (χ0n) is 8.74. The quantitative estimate of drug-likeness (QED) is 0.845. The Morgan fingerprint density at radius 1 is 1.50 bits per heavy atom. The van der Waals surface area contributed by atoms with Crippen LogP contribution in [0.1, 0.15) is 24.0 Å². The smallest absolute Gasteiger partial charge is 0.303 e. The molecule has 0 aromatic heterocycles. The van der Waals surface area contributed by atoms with Crippen molar-refractivity contribution in [2.45, 2.75) is 19.3 Å². The Hall–Kier alpha value is -1.65. The summed E-state index contributed by atoms with van der Waals surface area (Å²) in [5.74, 6) is -0.562. The van der Waals surface area contributed by atoms with Gasteiger partial charge in [-0.15, -0.1) is 0 Å². The second-order valence-electron chi connectivity index (χ2n) is 3.26. The van der Waals surface area contributed by atoms with Crippen LogP contribution in [0.25, 0.3) is 0 Å². The zero-order valence-corrected chi connectivity index (χ0v) is 8.74. The molecule has 0 aliphatic carbocycles. The van der Waals surface area contributed by atoms with Gasteiger partial charge in [0.1, 0.15) is 5.75 Å². The van der Waals surface area contributed by atoms with E-state index in [1.807, 2.05) is 0 Å². The Bertz CT molecular complexity index is 377. The van der Waals surface area contributed by atoms with Gasteiger partial charge in [-0.1, -0.05) is 0 Å². The summed E-state index contributed by atoms with van der Waals surface area (Å²) in [5.41, 5.74) is 0.179. The minimum Gasteiger partial charge on any atom is -0.497 e.